The first-order chi connectivity index (χ1) is 4.95. The Morgan fingerprint density at radius 3 is 2.18 bits per heavy atom. The van der Waals surface area contributed by atoms with E-state index in [1.165, 1.54) is 12.8 Å². The Bertz CT molecular complexity index is 138. The monoisotopic (exact) mass is 152 g/mol. The van der Waals surface area contributed by atoms with E-state index in [4.69, 9.17) is 0 Å². The van der Waals surface area contributed by atoms with Gasteiger partial charge in [0.1, 0.15) is 7.85 Å². The highest BCUT2D eigenvalue weighted by Crippen LogP contribution is 2.52. The molecule has 0 aromatic heterocycles. The van der Waals surface area contributed by atoms with Crippen molar-refractivity contribution in [1.29, 1.82) is 0 Å². The highest BCUT2D eigenvalue weighted by Gasteiger charge is 2.40. The molecule has 3 unspecified atom stereocenters. The van der Waals surface area contributed by atoms with Crippen LogP contribution >= 0.6 is 0 Å². The summed E-state index contributed by atoms with van der Waals surface area (Å²) in [6.07, 6.45) is 2.87. The molecule has 1 fully saturated rings. The van der Waals surface area contributed by atoms with Crippen LogP contribution in [0.2, 0.25) is 5.31 Å². The quantitative estimate of drug-likeness (QED) is 0.506. The third-order valence-corrected chi connectivity index (χ3v) is 3.48. The maximum Gasteiger partial charge on any atom is 0.109 e. The van der Waals surface area contributed by atoms with Gasteiger partial charge in [0.2, 0.25) is 0 Å². The molecule has 0 bridgehead atoms. The molecule has 1 heteroatoms. The van der Waals surface area contributed by atoms with E-state index >= 15 is 0 Å². The normalized spacial score (nSPS) is 45.2. The second kappa shape index (κ2) is 2.84. The van der Waals surface area contributed by atoms with Gasteiger partial charge in [-0.2, -0.15) is 0 Å². The Balaban J connectivity index is 2.72. The lowest BCUT2D eigenvalue weighted by Crippen LogP contribution is -2.23. The van der Waals surface area contributed by atoms with Crippen LogP contribution in [0.3, 0.4) is 0 Å². The summed E-state index contributed by atoms with van der Waals surface area (Å²) in [5.74, 6) is 2.76. The van der Waals surface area contributed by atoms with E-state index in [9.17, 15) is 0 Å². The van der Waals surface area contributed by atoms with Crippen LogP contribution in [-0.2, 0) is 0 Å². The van der Waals surface area contributed by atoms with E-state index < -0.39 is 0 Å². The lowest BCUT2D eigenvalue weighted by molar-refractivity contribution is 0.268. The summed E-state index contributed by atoms with van der Waals surface area (Å²) in [5.41, 5.74) is 0. The second-order valence-electron chi connectivity index (χ2n) is 5.27. The van der Waals surface area contributed by atoms with Crippen LogP contribution in [0, 0.1) is 17.8 Å². The fraction of sp³-hybridized carbons (Fsp3) is 1.00. The zero-order valence-corrected chi connectivity index (χ0v) is 8.65. The first-order valence-corrected chi connectivity index (χ1v) is 4.95. The molecular weight excluding hydrogens is 131 g/mol. The van der Waals surface area contributed by atoms with Crippen LogP contribution < -0.4 is 0 Å². The van der Waals surface area contributed by atoms with Crippen LogP contribution in [-0.4, -0.2) is 7.85 Å². The Kier molecular flexibility index (Phi) is 2.36. The Morgan fingerprint density at radius 1 is 1.45 bits per heavy atom. The average Bonchev–Trinajstić information content (AvgIpc) is 2.06. The van der Waals surface area contributed by atoms with Gasteiger partial charge >= 0.3 is 0 Å². The fourth-order valence-corrected chi connectivity index (χ4v) is 3.28. The van der Waals surface area contributed by atoms with Gasteiger partial charge in [-0.1, -0.05) is 45.9 Å². The smallest absolute Gasteiger partial charge is 0.0667 e. The van der Waals surface area contributed by atoms with Crippen molar-refractivity contribution in [2.24, 2.45) is 17.8 Å². The zero-order valence-electron chi connectivity index (χ0n) is 8.65. The Morgan fingerprint density at radius 2 is 2.00 bits per heavy atom. The molecule has 0 nitrogen and oxygen atoms in total. The molecular formula is C10H21B. The SMILES string of the molecule is BC1(C)CCC(C)C1C(C)C. The van der Waals surface area contributed by atoms with E-state index in [-0.39, 0.29) is 0 Å². The predicted octanol–water partition coefficient (Wildman–Crippen LogP) is 2.50. The van der Waals surface area contributed by atoms with Crippen molar-refractivity contribution >= 4 is 7.85 Å². The molecule has 0 heterocycles. The van der Waals surface area contributed by atoms with Crippen molar-refractivity contribution in [3.8, 4) is 0 Å². The molecule has 0 aromatic carbocycles. The van der Waals surface area contributed by atoms with Crippen molar-refractivity contribution in [3.63, 3.8) is 0 Å². The van der Waals surface area contributed by atoms with Crippen LogP contribution in [0.4, 0.5) is 0 Å². The maximum atomic E-state index is 2.43. The summed E-state index contributed by atoms with van der Waals surface area (Å²) in [4.78, 5) is 0. The van der Waals surface area contributed by atoms with Crippen molar-refractivity contribution in [3.05, 3.63) is 0 Å². The van der Waals surface area contributed by atoms with Gasteiger partial charge in [-0.3, -0.25) is 0 Å². The molecule has 1 aliphatic rings. The van der Waals surface area contributed by atoms with Crippen molar-refractivity contribution in [1.82, 2.24) is 0 Å². The van der Waals surface area contributed by atoms with Crippen molar-refractivity contribution < 1.29 is 0 Å². The highest BCUT2D eigenvalue weighted by atomic mass is 14.4. The average molecular weight is 152 g/mol. The summed E-state index contributed by atoms with van der Waals surface area (Å²) < 4.78 is 0. The van der Waals surface area contributed by atoms with Crippen molar-refractivity contribution in [2.45, 2.75) is 45.9 Å². The lowest BCUT2D eigenvalue weighted by Gasteiger charge is -2.33. The molecule has 0 amide bonds. The zero-order chi connectivity index (χ0) is 8.65. The van der Waals surface area contributed by atoms with Crippen molar-refractivity contribution in [2.75, 3.05) is 0 Å². The Hall–Kier alpha value is 0.0649. The van der Waals surface area contributed by atoms with Gasteiger partial charge < -0.3 is 0 Å². The topological polar surface area (TPSA) is 0 Å². The van der Waals surface area contributed by atoms with E-state index in [1.807, 2.05) is 0 Å². The maximum absolute atomic E-state index is 2.43. The Labute approximate surface area is 72.2 Å². The van der Waals surface area contributed by atoms with Gasteiger partial charge in [0.05, 0.1) is 0 Å². The minimum Gasteiger partial charge on any atom is -0.0667 e. The molecule has 0 spiro atoms. The summed E-state index contributed by atoms with van der Waals surface area (Å²) in [7, 11) is 2.43. The summed E-state index contributed by atoms with van der Waals surface area (Å²) in [6, 6.07) is 0. The van der Waals surface area contributed by atoms with Crippen LogP contribution in [0.5, 0.6) is 0 Å². The second-order valence-corrected chi connectivity index (χ2v) is 5.27. The third kappa shape index (κ3) is 1.63. The molecule has 0 saturated heterocycles. The molecule has 0 aromatic rings. The van der Waals surface area contributed by atoms with Gasteiger partial charge in [0.15, 0.2) is 0 Å². The first kappa shape index (κ1) is 9.16. The standard InChI is InChI=1S/C10H21B/c1-7(2)9-8(3)5-6-10(9,4)11/h7-9H,5-6,11H2,1-4H3. The van der Waals surface area contributed by atoms with Gasteiger partial charge in [-0.15, -0.1) is 0 Å². The molecule has 11 heavy (non-hydrogen) atoms. The summed E-state index contributed by atoms with van der Waals surface area (Å²) in [6.45, 7) is 9.59. The highest BCUT2D eigenvalue weighted by molar-refractivity contribution is 6.15. The van der Waals surface area contributed by atoms with E-state index in [1.54, 1.807) is 0 Å². The first-order valence-electron chi connectivity index (χ1n) is 4.95. The third-order valence-electron chi connectivity index (χ3n) is 3.48. The van der Waals surface area contributed by atoms with E-state index in [2.05, 4.69) is 35.5 Å². The molecule has 1 saturated carbocycles. The van der Waals surface area contributed by atoms with Crippen LogP contribution in [0.25, 0.3) is 0 Å². The molecule has 64 valence electrons. The van der Waals surface area contributed by atoms with E-state index in [0.717, 1.165) is 17.8 Å². The molecule has 1 aliphatic carbocycles. The van der Waals surface area contributed by atoms with Crippen LogP contribution in [0.15, 0.2) is 0 Å². The molecule has 3 atom stereocenters. The number of hydrogen-bond donors (Lipinski definition) is 0. The lowest BCUT2D eigenvalue weighted by atomic mass is 9.59. The van der Waals surface area contributed by atoms with Gasteiger partial charge in [0.25, 0.3) is 0 Å². The fourth-order valence-electron chi connectivity index (χ4n) is 3.28. The largest absolute Gasteiger partial charge is 0.109 e. The van der Waals surface area contributed by atoms with Gasteiger partial charge in [-0.25, -0.2) is 0 Å². The summed E-state index contributed by atoms with van der Waals surface area (Å²) >= 11 is 0. The summed E-state index contributed by atoms with van der Waals surface area (Å²) in [5, 5.41) is 0.605. The predicted molar refractivity (Wildman–Crippen MR) is 53.6 cm³/mol. The van der Waals surface area contributed by atoms with Gasteiger partial charge in [-0.05, 0) is 17.8 Å². The molecule has 0 aliphatic heterocycles. The number of hydrogen-bond acceptors (Lipinski definition) is 0. The van der Waals surface area contributed by atoms with Crippen LogP contribution in [0.1, 0.15) is 40.5 Å². The molecule has 1 rings (SSSR count). The molecule has 0 N–H and O–H groups in total. The molecule has 0 radical (unpaired) electrons. The van der Waals surface area contributed by atoms with Gasteiger partial charge in [0, 0.05) is 0 Å². The van der Waals surface area contributed by atoms with E-state index in [0.29, 0.717) is 5.31 Å². The minimum absolute atomic E-state index is 0.605. The number of rotatable bonds is 1. The minimum atomic E-state index is 0.605.